The molecule has 0 amide bonds. The minimum atomic E-state index is 0.500. The zero-order valence-corrected chi connectivity index (χ0v) is 15.6. The molecule has 2 N–H and O–H groups in total. The summed E-state index contributed by atoms with van der Waals surface area (Å²) in [4.78, 5) is 9.01. The second-order valence-electron chi connectivity index (χ2n) is 6.49. The Labute approximate surface area is 154 Å². The van der Waals surface area contributed by atoms with Gasteiger partial charge in [0, 0.05) is 17.8 Å². The molecule has 0 aliphatic heterocycles. The van der Waals surface area contributed by atoms with Crippen molar-refractivity contribution >= 4 is 28.9 Å². The molecule has 1 heterocycles. The fourth-order valence-corrected chi connectivity index (χ4v) is 3.49. The number of hydrogen-bond donors (Lipinski definition) is 2. The summed E-state index contributed by atoms with van der Waals surface area (Å²) in [6, 6.07) is 8.04. The van der Waals surface area contributed by atoms with Crippen LogP contribution in [0.4, 0.5) is 17.3 Å². The predicted molar refractivity (Wildman–Crippen MR) is 103 cm³/mol. The number of aromatic nitrogens is 2. The Morgan fingerprint density at radius 3 is 2.44 bits per heavy atom. The Bertz CT molecular complexity index is 715. The van der Waals surface area contributed by atoms with E-state index in [2.05, 4.69) is 20.6 Å². The van der Waals surface area contributed by atoms with Gasteiger partial charge in [-0.25, -0.2) is 9.97 Å². The first-order valence-electron chi connectivity index (χ1n) is 8.87. The van der Waals surface area contributed by atoms with Crippen molar-refractivity contribution in [3.05, 3.63) is 35.1 Å². The van der Waals surface area contributed by atoms with Crippen LogP contribution in [0.25, 0.3) is 0 Å². The summed E-state index contributed by atoms with van der Waals surface area (Å²) in [5.41, 5.74) is 0.865. The number of anilines is 3. The smallest absolute Gasteiger partial charge is 0.137 e. The van der Waals surface area contributed by atoms with Gasteiger partial charge in [-0.05, 0) is 38.0 Å². The van der Waals surface area contributed by atoms with Crippen LogP contribution in [0.3, 0.4) is 0 Å². The molecule has 5 nitrogen and oxygen atoms in total. The topological polar surface area (TPSA) is 59.1 Å². The minimum absolute atomic E-state index is 0.500. The molecule has 1 aromatic carbocycles. The summed E-state index contributed by atoms with van der Waals surface area (Å²) in [5.74, 6) is 3.02. The number of nitrogens with one attached hydrogen (secondary N) is 2. The fourth-order valence-electron chi connectivity index (χ4n) is 3.23. The molecule has 2 aromatic rings. The Morgan fingerprint density at radius 2 is 1.76 bits per heavy atom. The van der Waals surface area contributed by atoms with Gasteiger partial charge < -0.3 is 15.4 Å². The van der Waals surface area contributed by atoms with Crippen LogP contribution in [0, 0.1) is 6.92 Å². The molecule has 0 radical (unpaired) electrons. The summed E-state index contributed by atoms with van der Waals surface area (Å²) in [7, 11) is 1.60. The highest BCUT2D eigenvalue weighted by atomic mass is 35.5. The van der Waals surface area contributed by atoms with E-state index in [9.17, 15) is 0 Å². The first-order valence-corrected chi connectivity index (χ1v) is 9.24. The van der Waals surface area contributed by atoms with E-state index < -0.39 is 0 Å². The Balaban J connectivity index is 1.73. The molecule has 1 aliphatic carbocycles. The summed E-state index contributed by atoms with van der Waals surface area (Å²) in [6.07, 6.45) is 7.67. The van der Waals surface area contributed by atoms with Gasteiger partial charge in [0.15, 0.2) is 0 Å². The predicted octanol–water partition coefficient (Wildman–Crippen LogP) is 5.33. The van der Waals surface area contributed by atoms with E-state index >= 15 is 0 Å². The highest BCUT2D eigenvalue weighted by molar-refractivity contribution is 6.32. The number of nitrogens with zero attached hydrogens (tertiary/aromatic N) is 2. The van der Waals surface area contributed by atoms with E-state index in [4.69, 9.17) is 16.3 Å². The van der Waals surface area contributed by atoms with Gasteiger partial charge in [-0.1, -0.05) is 37.3 Å². The Hall–Kier alpha value is -2.01. The minimum Gasteiger partial charge on any atom is -0.495 e. The average molecular weight is 361 g/mol. The summed E-state index contributed by atoms with van der Waals surface area (Å²) >= 11 is 6.19. The molecule has 0 bridgehead atoms. The number of hydrogen-bond acceptors (Lipinski definition) is 5. The van der Waals surface area contributed by atoms with E-state index in [0.29, 0.717) is 16.8 Å². The lowest BCUT2D eigenvalue weighted by atomic mass is 10.1. The molecule has 6 heteroatoms. The van der Waals surface area contributed by atoms with Gasteiger partial charge in [0.2, 0.25) is 0 Å². The standard InChI is InChI=1S/C19H25ClN4O/c1-13-21-18(23-14-7-5-3-4-6-8-14)12-19(22-13)24-15-9-10-17(25-2)16(20)11-15/h9-12,14H,3-8H2,1-2H3,(H2,21,22,23,24). The van der Waals surface area contributed by atoms with Crippen molar-refractivity contribution in [3.8, 4) is 5.75 Å². The molecular weight excluding hydrogens is 336 g/mol. The second-order valence-corrected chi connectivity index (χ2v) is 6.90. The molecular formula is C19H25ClN4O. The van der Waals surface area contributed by atoms with Crippen molar-refractivity contribution in [3.63, 3.8) is 0 Å². The third-order valence-electron chi connectivity index (χ3n) is 4.47. The lowest BCUT2D eigenvalue weighted by Gasteiger charge is -2.18. The largest absolute Gasteiger partial charge is 0.495 e. The molecule has 0 atom stereocenters. The van der Waals surface area contributed by atoms with Crippen molar-refractivity contribution in [2.24, 2.45) is 0 Å². The quantitative estimate of drug-likeness (QED) is 0.706. The zero-order chi connectivity index (χ0) is 17.6. The van der Waals surface area contributed by atoms with E-state index in [0.717, 1.165) is 23.1 Å². The highest BCUT2D eigenvalue weighted by Gasteiger charge is 2.13. The molecule has 0 saturated heterocycles. The van der Waals surface area contributed by atoms with Crippen LogP contribution in [0.15, 0.2) is 24.3 Å². The fraction of sp³-hybridized carbons (Fsp3) is 0.474. The molecule has 25 heavy (non-hydrogen) atoms. The maximum Gasteiger partial charge on any atom is 0.137 e. The normalized spacial score (nSPS) is 15.5. The molecule has 1 saturated carbocycles. The van der Waals surface area contributed by atoms with Gasteiger partial charge in [0.25, 0.3) is 0 Å². The van der Waals surface area contributed by atoms with Crippen molar-refractivity contribution in [2.45, 2.75) is 51.5 Å². The van der Waals surface area contributed by atoms with E-state index in [-0.39, 0.29) is 0 Å². The lowest BCUT2D eigenvalue weighted by Crippen LogP contribution is -2.19. The van der Waals surface area contributed by atoms with Crippen LogP contribution in [0.2, 0.25) is 5.02 Å². The SMILES string of the molecule is COc1ccc(Nc2cc(NC3CCCCCC3)nc(C)n2)cc1Cl. The number of methoxy groups -OCH3 is 1. The Morgan fingerprint density at radius 1 is 1.04 bits per heavy atom. The monoisotopic (exact) mass is 360 g/mol. The van der Waals surface area contributed by atoms with Crippen molar-refractivity contribution in [1.29, 1.82) is 0 Å². The van der Waals surface area contributed by atoms with Gasteiger partial charge in [-0.15, -0.1) is 0 Å². The maximum absolute atomic E-state index is 6.19. The van der Waals surface area contributed by atoms with Gasteiger partial charge >= 0.3 is 0 Å². The molecule has 134 valence electrons. The van der Waals surface area contributed by atoms with Gasteiger partial charge in [0.05, 0.1) is 12.1 Å². The molecule has 1 aromatic heterocycles. The zero-order valence-electron chi connectivity index (χ0n) is 14.8. The lowest BCUT2D eigenvalue weighted by molar-refractivity contribution is 0.415. The summed E-state index contributed by atoms with van der Waals surface area (Å²) < 4.78 is 5.19. The number of aryl methyl sites for hydroxylation is 1. The first kappa shape index (κ1) is 17.8. The maximum atomic E-state index is 6.19. The van der Waals surface area contributed by atoms with Gasteiger partial charge in [-0.2, -0.15) is 0 Å². The second kappa shape index (κ2) is 8.39. The highest BCUT2D eigenvalue weighted by Crippen LogP contribution is 2.29. The van der Waals surface area contributed by atoms with Crippen LogP contribution >= 0.6 is 11.6 Å². The molecule has 1 aliphatic rings. The molecule has 0 spiro atoms. The average Bonchev–Trinajstić information content (AvgIpc) is 2.83. The van der Waals surface area contributed by atoms with Crippen LogP contribution in [-0.4, -0.2) is 23.1 Å². The summed E-state index contributed by atoms with van der Waals surface area (Å²) in [6.45, 7) is 1.91. The molecule has 0 unspecified atom stereocenters. The van der Waals surface area contributed by atoms with Gasteiger partial charge in [0.1, 0.15) is 23.2 Å². The van der Waals surface area contributed by atoms with Crippen LogP contribution in [-0.2, 0) is 0 Å². The summed E-state index contributed by atoms with van der Waals surface area (Å²) in [5, 5.41) is 7.44. The number of halogens is 1. The van der Waals surface area contributed by atoms with E-state index in [1.807, 2.05) is 31.2 Å². The third kappa shape index (κ3) is 4.98. The van der Waals surface area contributed by atoms with Crippen LogP contribution < -0.4 is 15.4 Å². The molecule has 1 fully saturated rings. The third-order valence-corrected chi connectivity index (χ3v) is 4.76. The van der Waals surface area contributed by atoms with Gasteiger partial charge in [-0.3, -0.25) is 0 Å². The van der Waals surface area contributed by atoms with E-state index in [1.54, 1.807) is 7.11 Å². The number of rotatable bonds is 5. The number of benzene rings is 1. The van der Waals surface area contributed by atoms with Crippen LogP contribution in [0.5, 0.6) is 5.75 Å². The number of ether oxygens (including phenoxy) is 1. The van der Waals surface area contributed by atoms with Crippen molar-refractivity contribution < 1.29 is 4.74 Å². The Kier molecular flexibility index (Phi) is 5.97. The molecule has 3 rings (SSSR count). The van der Waals surface area contributed by atoms with E-state index in [1.165, 1.54) is 38.5 Å². The van der Waals surface area contributed by atoms with Crippen molar-refractivity contribution in [2.75, 3.05) is 17.7 Å². The van der Waals surface area contributed by atoms with Crippen molar-refractivity contribution in [1.82, 2.24) is 9.97 Å². The first-order chi connectivity index (χ1) is 12.1. The van der Waals surface area contributed by atoms with Crippen LogP contribution in [0.1, 0.15) is 44.3 Å².